The molecule has 110 valence electrons. The molecule has 1 saturated carbocycles. The average Bonchev–Trinajstić information content (AvgIpc) is 2.91. The van der Waals surface area contributed by atoms with Crippen molar-refractivity contribution in [2.75, 3.05) is 0 Å². The van der Waals surface area contributed by atoms with Crippen LogP contribution in [0.4, 0.5) is 13.2 Å². The van der Waals surface area contributed by atoms with Crippen molar-refractivity contribution >= 4 is 0 Å². The first-order valence-corrected chi connectivity index (χ1v) is 6.68. The minimum atomic E-state index is -4.31. The summed E-state index contributed by atoms with van der Waals surface area (Å²) < 4.78 is 49.4. The van der Waals surface area contributed by atoms with Crippen LogP contribution in [0.1, 0.15) is 34.1 Å². The predicted molar refractivity (Wildman–Crippen MR) is 65.8 cm³/mol. The molecule has 0 bridgehead atoms. The highest BCUT2D eigenvalue weighted by Crippen LogP contribution is 2.62. The van der Waals surface area contributed by atoms with Crippen LogP contribution < -0.4 is 0 Å². The normalized spacial score (nSPS) is 39.3. The van der Waals surface area contributed by atoms with Crippen molar-refractivity contribution in [3.8, 4) is 0 Å². The first-order valence-electron chi connectivity index (χ1n) is 6.68. The monoisotopic (exact) mass is 278 g/mol. The Morgan fingerprint density at radius 2 is 1.95 bits per heavy atom. The van der Waals surface area contributed by atoms with Crippen LogP contribution in [0.3, 0.4) is 0 Å². The van der Waals surface area contributed by atoms with Crippen molar-refractivity contribution in [2.24, 2.45) is 11.8 Å². The lowest BCUT2D eigenvalue weighted by atomic mass is 10.00. The lowest BCUT2D eigenvalue weighted by molar-refractivity contribution is -0.225. The molecule has 1 aliphatic heterocycles. The van der Waals surface area contributed by atoms with Gasteiger partial charge < -0.3 is 9.47 Å². The quantitative estimate of drug-likeness (QED) is 0.730. The third-order valence-corrected chi connectivity index (χ3v) is 4.39. The topological polar surface area (TPSA) is 18.5 Å². The first-order chi connectivity index (χ1) is 8.59. The van der Waals surface area contributed by atoms with Gasteiger partial charge in [0.05, 0.1) is 12.2 Å². The van der Waals surface area contributed by atoms with E-state index < -0.39 is 29.9 Å². The van der Waals surface area contributed by atoms with Gasteiger partial charge in [0.2, 0.25) is 0 Å². The number of alkyl halides is 3. The third-order valence-electron chi connectivity index (χ3n) is 4.39. The Labute approximate surface area is 112 Å². The van der Waals surface area contributed by atoms with Crippen LogP contribution in [-0.4, -0.2) is 30.1 Å². The molecule has 0 N–H and O–H groups in total. The summed E-state index contributed by atoms with van der Waals surface area (Å²) >= 11 is 0. The van der Waals surface area contributed by atoms with E-state index in [4.69, 9.17) is 9.47 Å². The van der Waals surface area contributed by atoms with E-state index in [2.05, 4.69) is 6.58 Å². The molecular weight excluding hydrogens is 257 g/mol. The number of rotatable bonds is 4. The fraction of sp³-hybridized carbons (Fsp3) is 0.857. The number of hydrogen-bond acceptors (Lipinski definition) is 2. The van der Waals surface area contributed by atoms with Gasteiger partial charge in [-0.15, -0.1) is 0 Å². The van der Waals surface area contributed by atoms with Gasteiger partial charge in [-0.1, -0.05) is 20.4 Å². The lowest BCUT2D eigenvalue weighted by Gasteiger charge is -2.27. The van der Waals surface area contributed by atoms with E-state index in [1.165, 1.54) is 0 Å². The Balaban J connectivity index is 2.05. The fourth-order valence-corrected chi connectivity index (χ4v) is 2.96. The number of fused-ring (bicyclic) bond motifs is 1. The second kappa shape index (κ2) is 4.48. The highest BCUT2D eigenvalue weighted by molar-refractivity contribution is 5.20. The Kier molecular flexibility index (Phi) is 3.51. The zero-order valence-corrected chi connectivity index (χ0v) is 11.8. The summed E-state index contributed by atoms with van der Waals surface area (Å²) in [5, 5.41) is 0. The van der Waals surface area contributed by atoms with Gasteiger partial charge in [-0.3, -0.25) is 0 Å². The molecule has 1 aliphatic carbocycles. The Morgan fingerprint density at radius 1 is 1.37 bits per heavy atom. The van der Waals surface area contributed by atoms with Crippen LogP contribution in [-0.2, 0) is 9.47 Å². The first kappa shape index (κ1) is 14.9. The van der Waals surface area contributed by atoms with E-state index in [0.717, 1.165) is 5.57 Å². The number of hydrogen-bond donors (Lipinski definition) is 0. The van der Waals surface area contributed by atoms with E-state index in [1.54, 1.807) is 6.92 Å². The zero-order chi connectivity index (χ0) is 14.6. The van der Waals surface area contributed by atoms with E-state index in [9.17, 15) is 13.2 Å². The molecule has 5 heteroatoms. The molecule has 2 fully saturated rings. The summed E-state index contributed by atoms with van der Waals surface area (Å²) in [6.07, 6.45) is -6.33. The second-order valence-corrected chi connectivity index (χ2v) is 6.00. The van der Waals surface area contributed by atoms with Crippen LogP contribution in [0.15, 0.2) is 12.2 Å². The largest absolute Gasteiger partial charge is 0.415 e. The van der Waals surface area contributed by atoms with Gasteiger partial charge in [-0.2, -0.15) is 13.2 Å². The molecule has 2 aliphatic rings. The summed E-state index contributed by atoms with van der Waals surface area (Å²) in [4.78, 5) is 0. The minimum absolute atomic E-state index is 0.247. The summed E-state index contributed by atoms with van der Waals surface area (Å²) in [6, 6.07) is 0. The van der Waals surface area contributed by atoms with Gasteiger partial charge in [-0.05, 0) is 31.8 Å². The molecule has 0 radical (unpaired) electrons. The van der Waals surface area contributed by atoms with Crippen molar-refractivity contribution in [1.29, 1.82) is 0 Å². The summed E-state index contributed by atoms with van der Waals surface area (Å²) in [6.45, 7) is 11.5. The molecule has 0 unspecified atom stereocenters. The number of ether oxygens (including phenoxy) is 2. The summed E-state index contributed by atoms with van der Waals surface area (Å²) in [7, 11) is 0. The van der Waals surface area contributed by atoms with Gasteiger partial charge in [0, 0.05) is 5.92 Å². The van der Waals surface area contributed by atoms with Crippen molar-refractivity contribution in [3.05, 3.63) is 12.2 Å². The Hall–Kier alpha value is -0.550. The van der Waals surface area contributed by atoms with Gasteiger partial charge in [0.15, 0.2) is 6.10 Å². The number of halogens is 3. The van der Waals surface area contributed by atoms with Crippen LogP contribution in [0, 0.1) is 11.8 Å². The molecule has 0 aromatic heterocycles. The highest BCUT2D eigenvalue weighted by atomic mass is 19.4. The Morgan fingerprint density at radius 3 is 2.32 bits per heavy atom. The molecular formula is C14H21F3O2. The van der Waals surface area contributed by atoms with Crippen molar-refractivity contribution in [1.82, 2.24) is 0 Å². The Bertz CT molecular complexity index is 377. The van der Waals surface area contributed by atoms with Crippen molar-refractivity contribution in [2.45, 2.75) is 64.2 Å². The minimum Gasteiger partial charge on any atom is -0.365 e. The molecule has 2 rings (SSSR count). The molecule has 1 heterocycles. The molecule has 0 aromatic rings. The van der Waals surface area contributed by atoms with Crippen LogP contribution in [0.5, 0.6) is 0 Å². The van der Waals surface area contributed by atoms with E-state index in [1.807, 2.05) is 20.8 Å². The van der Waals surface area contributed by atoms with Crippen LogP contribution in [0.25, 0.3) is 0 Å². The van der Waals surface area contributed by atoms with Gasteiger partial charge in [-0.25, -0.2) is 0 Å². The molecule has 5 atom stereocenters. The van der Waals surface area contributed by atoms with Crippen LogP contribution in [0.2, 0.25) is 0 Å². The maximum absolute atomic E-state index is 12.8. The summed E-state index contributed by atoms with van der Waals surface area (Å²) in [5.41, 5.74) is 0.139. The lowest BCUT2D eigenvalue weighted by Crippen LogP contribution is -2.33. The van der Waals surface area contributed by atoms with E-state index in [0.29, 0.717) is 6.42 Å². The maximum atomic E-state index is 12.8. The highest BCUT2D eigenvalue weighted by Gasteiger charge is 2.74. The molecule has 19 heavy (non-hydrogen) atoms. The third kappa shape index (κ3) is 2.42. The van der Waals surface area contributed by atoms with Crippen molar-refractivity contribution < 1.29 is 22.6 Å². The van der Waals surface area contributed by atoms with Gasteiger partial charge in [0.1, 0.15) is 5.60 Å². The SMILES string of the molecule is C=C(C(C)C)[C@@H](C)O[C@]12C[C@H]1[C@@H](C(F)(F)F)O[C@H]2C. The molecule has 0 aromatic carbocycles. The molecule has 0 amide bonds. The fourth-order valence-electron chi connectivity index (χ4n) is 2.96. The standard InChI is InChI=1S/C14H21F3O2/c1-7(2)8(3)9(4)19-13-6-11(13)12(14(15,16)17)18-10(13)5/h7,9-12H,3,6H2,1-2,4-5H3/t9-,10+,11+,12+,13+/m1/s1. The van der Waals surface area contributed by atoms with Crippen molar-refractivity contribution in [3.63, 3.8) is 0 Å². The van der Waals surface area contributed by atoms with Crippen LogP contribution >= 0.6 is 0 Å². The molecule has 2 nitrogen and oxygen atoms in total. The van der Waals surface area contributed by atoms with Gasteiger partial charge in [0.25, 0.3) is 0 Å². The summed E-state index contributed by atoms with van der Waals surface area (Å²) in [5.74, 6) is -0.315. The second-order valence-electron chi connectivity index (χ2n) is 6.00. The zero-order valence-electron chi connectivity index (χ0n) is 11.8. The molecule has 1 saturated heterocycles. The van der Waals surface area contributed by atoms with E-state index >= 15 is 0 Å². The maximum Gasteiger partial charge on any atom is 0.415 e. The molecule has 0 spiro atoms. The van der Waals surface area contributed by atoms with Gasteiger partial charge >= 0.3 is 6.18 Å². The predicted octanol–water partition coefficient (Wildman–Crippen LogP) is 3.71. The van der Waals surface area contributed by atoms with E-state index in [-0.39, 0.29) is 12.0 Å². The average molecular weight is 278 g/mol. The smallest absolute Gasteiger partial charge is 0.365 e.